The van der Waals surface area contributed by atoms with Gasteiger partial charge in [-0.05, 0) is 49.2 Å². The second-order valence-corrected chi connectivity index (χ2v) is 12.1. The highest BCUT2D eigenvalue weighted by Crippen LogP contribution is 2.59. The minimum Gasteiger partial charge on any atom is -0.274 e. The van der Waals surface area contributed by atoms with Crippen molar-refractivity contribution in [3.63, 3.8) is 0 Å². The number of amides is 4. The smallest absolute Gasteiger partial charge is 0.253 e. The first-order valence-corrected chi connectivity index (χ1v) is 14.9. The summed E-state index contributed by atoms with van der Waals surface area (Å²) in [6, 6.07) is 30.8. The first-order chi connectivity index (χ1) is 21.4. The Balaban J connectivity index is 1.32. The van der Waals surface area contributed by atoms with Gasteiger partial charge in [0.15, 0.2) is 0 Å². The van der Waals surface area contributed by atoms with Crippen LogP contribution < -0.4 is 9.80 Å². The van der Waals surface area contributed by atoms with Crippen molar-refractivity contribution in [2.45, 2.75) is 38.0 Å². The normalized spacial score (nSPS) is 28.1. The Morgan fingerprint density at radius 3 is 1.09 bits per heavy atom. The van der Waals surface area contributed by atoms with Crippen LogP contribution in [-0.2, 0) is 19.2 Å². The van der Waals surface area contributed by atoms with Crippen LogP contribution in [0, 0.1) is 25.7 Å². The van der Waals surface area contributed by atoms with Crippen LogP contribution in [-0.4, -0.2) is 45.7 Å². The Morgan fingerprint density at radius 1 is 0.409 bits per heavy atom. The zero-order valence-electron chi connectivity index (χ0n) is 24.3. The molecule has 4 saturated heterocycles. The molecular formula is C36H30N4O4. The molecule has 4 aliphatic heterocycles. The van der Waals surface area contributed by atoms with Crippen molar-refractivity contribution < 1.29 is 19.2 Å². The van der Waals surface area contributed by atoms with Gasteiger partial charge < -0.3 is 0 Å². The molecule has 218 valence electrons. The van der Waals surface area contributed by atoms with Crippen molar-refractivity contribution in [1.29, 1.82) is 0 Å². The van der Waals surface area contributed by atoms with Crippen LogP contribution in [0.25, 0.3) is 0 Å². The van der Waals surface area contributed by atoms with Gasteiger partial charge in [0.25, 0.3) is 11.8 Å². The van der Waals surface area contributed by atoms with E-state index in [1.54, 1.807) is 24.3 Å². The van der Waals surface area contributed by atoms with E-state index in [9.17, 15) is 19.2 Å². The molecule has 0 saturated carbocycles. The minimum absolute atomic E-state index is 0.303. The van der Waals surface area contributed by atoms with Crippen molar-refractivity contribution in [2.24, 2.45) is 11.8 Å². The van der Waals surface area contributed by atoms with Gasteiger partial charge in [0.2, 0.25) is 11.8 Å². The summed E-state index contributed by atoms with van der Waals surface area (Å²) in [4.78, 5) is 60.2. The first kappa shape index (κ1) is 26.7. The quantitative estimate of drug-likeness (QED) is 0.323. The summed E-state index contributed by atoms with van der Waals surface area (Å²) in [5.74, 6) is -2.83. The van der Waals surface area contributed by atoms with Gasteiger partial charge >= 0.3 is 0 Å². The minimum atomic E-state index is -0.877. The number of carbonyl (C=O) groups is 4. The van der Waals surface area contributed by atoms with E-state index in [0.717, 1.165) is 22.3 Å². The summed E-state index contributed by atoms with van der Waals surface area (Å²) in [7, 11) is 0. The number of anilines is 2. The summed E-state index contributed by atoms with van der Waals surface area (Å²) in [6.07, 6.45) is 0. The fourth-order valence-corrected chi connectivity index (χ4v) is 7.69. The maximum absolute atomic E-state index is 14.4. The predicted molar refractivity (Wildman–Crippen MR) is 164 cm³/mol. The third kappa shape index (κ3) is 3.64. The maximum Gasteiger partial charge on any atom is 0.253 e. The van der Waals surface area contributed by atoms with Crippen LogP contribution in [0.5, 0.6) is 0 Å². The van der Waals surface area contributed by atoms with E-state index in [-0.39, 0.29) is 23.6 Å². The van der Waals surface area contributed by atoms with Crippen molar-refractivity contribution in [2.75, 3.05) is 9.80 Å². The molecule has 4 aliphatic rings. The topological polar surface area (TPSA) is 81.2 Å². The average molecular weight is 583 g/mol. The summed E-state index contributed by atoms with van der Waals surface area (Å²) in [6.45, 7) is 3.91. The molecule has 6 unspecified atom stereocenters. The summed E-state index contributed by atoms with van der Waals surface area (Å²) in [5.41, 5.74) is 4.72. The zero-order valence-corrected chi connectivity index (χ0v) is 24.3. The van der Waals surface area contributed by atoms with E-state index in [1.165, 1.54) is 9.80 Å². The molecule has 0 N–H and O–H groups in total. The van der Waals surface area contributed by atoms with Gasteiger partial charge in [0.1, 0.15) is 12.1 Å². The molecule has 0 bridgehead atoms. The number of benzene rings is 4. The van der Waals surface area contributed by atoms with Crippen molar-refractivity contribution in [1.82, 2.24) is 10.0 Å². The molecule has 0 radical (unpaired) electrons. The molecule has 0 spiro atoms. The second-order valence-electron chi connectivity index (χ2n) is 12.1. The van der Waals surface area contributed by atoms with Crippen LogP contribution in [0.4, 0.5) is 11.4 Å². The molecule has 8 nitrogen and oxygen atoms in total. The molecule has 44 heavy (non-hydrogen) atoms. The zero-order chi connectivity index (χ0) is 30.3. The molecule has 4 fully saturated rings. The van der Waals surface area contributed by atoms with Crippen LogP contribution in [0.2, 0.25) is 0 Å². The molecular weight excluding hydrogens is 552 g/mol. The summed E-state index contributed by atoms with van der Waals surface area (Å²) < 4.78 is 0. The Hall–Kier alpha value is -4.92. The summed E-state index contributed by atoms with van der Waals surface area (Å²) >= 11 is 0. The average Bonchev–Trinajstić information content (AvgIpc) is 3.71. The standard InChI is InChI=1S/C36H30N4O4/c1-21-13-17-25(18-14-21)37-33(41)27-29(23-9-5-3-6-10-23)40-32-28(34(42)38(36(32)44)26-19-15-22(2)16-20-26)30(24-11-7-4-8-12-24)39(40)31(27)35(37)43/h3-20,27-32H,1-2H3. The largest absolute Gasteiger partial charge is 0.274 e. The van der Waals surface area contributed by atoms with Crippen LogP contribution in [0.15, 0.2) is 109 Å². The van der Waals surface area contributed by atoms with Gasteiger partial charge in [-0.2, -0.15) is 0 Å². The lowest BCUT2D eigenvalue weighted by molar-refractivity contribution is -0.136. The molecule has 8 rings (SSSR count). The Morgan fingerprint density at radius 2 is 0.750 bits per heavy atom. The number of imide groups is 2. The van der Waals surface area contributed by atoms with Crippen molar-refractivity contribution in [3.05, 3.63) is 131 Å². The lowest BCUT2D eigenvalue weighted by Crippen LogP contribution is -2.50. The summed E-state index contributed by atoms with van der Waals surface area (Å²) in [5, 5.41) is 3.81. The molecule has 4 amide bonds. The number of hydrogen-bond donors (Lipinski definition) is 0. The molecule has 4 heterocycles. The van der Waals surface area contributed by atoms with Crippen LogP contribution >= 0.6 is 0 Å². The van der Waals surface area contributed by atoms with E-state index in [2.05, 4.69) is 0 Å². The second kappa shape index (κ2) is 9.80. The van der Waals surface area contributed by atoms with Crippen LogP contribution in [0.3, 0.4) is 0 Å². The van der Waals surface area contributed by atoms with Gasteiger partial charge in [0, 0.05) is 0 Å². The molecule has 6 atom stereocenters. The van der Waals surface area contributed by atoms with E-state index in [4.69, 9.17) is 0 Å². The SMILES string of the molecule is Cc1ccc(N2C(=O)C3C(C2=O)N2C(c4ccccc4)C4C(=O)N(c5ccc(C)cc5)C(=O)C4N2C3c2ccccc2)cc1. The maximum atomic E-state index is 14.4. The van der Waals surface area contributed by atoms with E-state index >= 15 is 0 Å². The van der Waals surface area contributed by atoms with E-state index < -0.39 is 36.0 Å². The molecule has 8 heteroatoms. The van der Waals surface area contributed by atoms with Gasteiger partial charge in [-0.25, -0.2) is 19.8 Å². The highest BCUT2D eigenvalue weighted by atomic mass is 16.2. The molecule has 0 aromatic heterocycles. The Labute approximate surface area is 255 Å². The molecule has 0 aliphatic carbocycles. The number of aryl methyl sites for hydroxylation is 2. The fourth-order valence-electron chi connectivity index (χ4n) is 7.69. The third-order valence-electron chi connectivity index (χ3n) is 9.59. The fraction of sp³-hybridized carbons (Fsp3) is 0.222. The van der Waals surface area contributed by atoms with Gasteiger partial charge in [-0.1, -0.05) is 96.1 Å². The number of carbonyl (C=O) groups excluding carboxylic acids is 4. The van der Waals surface area contributed by atoms with E-state index in [1.807, 2.05) is 109 Å². The van der Waals surface area contributed by atoms with Crippen molar-refractivity contribution in [3.8, 4) is 0 Å². The molecule has 4 aromatic carbocycles. The number of nitrogens with zero attached hydrogens (tertiary/aromatic N) is 4. The molecule has 4 aromatic rings. The Kier molecular flexibility index (Phi) is 5.95. The number of rotatable bonds is 4. The predicted octanol–water partition coefficient (Wildman–Crippen LogP) is 4.75. The van der Waals surface area contributed by atoms with Crippen molar-refractivity contribution >= 4 is 35.0 Å². The monoisotopic (exact) mass is 582 g/mol. The third-order valence-corrected chi connectivity index (χ3v) is 9.59. The van der Waals surface area contributed by atoms with Gasteiger partial charge in [0.05, 0.1) is 35.3 Å². The van der Waals surface area contributed by atoms with Gasteiger partial charge in [-0.3, -0.25) is 19.2 Å². The Bertz CT molecular complexity index is 1670. The van der Waals surface area contributed by atoms with E-state index in [0.29, 0.717) is 11.4 Å². The lowest BCUT2D eigenvalue weighted by atomic mass is 9.84. The lowest BCUT2D eigenvalue weighted by Gasteiger charge is -2.35. The van der Waals surface area contributed by atoms with Crippen LogP contribution in [0.1, 0.15) is 34.3 Å². The number of hydrogen-bond acceptors (Lipinski definition) is 6. The highest BCUT2D eigenvalue weighted by Gasteiger charge is 2.73. The number of fused-ring (bicyclic) bond motifs is 5. The first-order valence-electron chi connectivity index (χ1n) is 14.9. The number of hydrazine groups is 1. The van der Waals surface area contributed by atoms with Gasteiger partial charge in [-0.15, -0.1) is 0 Å². The highest BCUT2D eigenvalue weighted by molar-refractivity contribution is 6.26.